The van der Waals surface area contributed by atoms with Crippen molar-refractivity contribution in [2.45, 2.75) is 19.8 Å². The van der Waals surface area contributed by atoms with Gasteiger partial charge in [-0.1, -0.05) is 13.3 Å². The minimum Gasteiger partial charge on any atom is -0.399 e. The number of amidine groups is 1. The Bertz CT molecular complexity index is 149. The minimum atomic E-state index is -0.376. The van der Waals surface area contributed by atoms with Crippen molar-refractivity contribution in [2.75, 3.05) is 6.54 Å². The molecular weight excluding hydrogens is 162 g/mol. The second-order valence-electron chi connectivity index (χ2n) is 2.03. The maximum atomic E-state index is 6.73. The number of thiocarbonyl (C=S) groups is 1. The molecule has 4 nitrogen and oxygen atoms in total. The topological polar surface area (TPSA) is 71.1 Å². The van der Waals surface area contributed by atoms with Crippen LogP contribution in [0, 0.1) is 5.41 Å². The first-order valence-corrected chi connectivity index (χ1v) is 3.87. The van der Waals surface area contributed by atoms with Crippen LogP contribution in [0.3, 0.4) is 0 Å². The molecule has 4 N–H and O–H groups in total. The van der Waals surface area contributed by atoms with Gasteiger partial charge in [-0.15, -0.1) is 0 Å². The highest BCUT2D eigenvalue weighted by atomic mass is 32.1. The Morgan fingerprint density at radius 3 is 2.82 bits per heavy atom. The maximum Gasteiger partial charge on any atom is 0.286 e. The third-order valence-electron chi connectivity index (χ3n) is 1.00. The molecule has 0 aliphatic heterocycles. The van der Waals surface area contributed by atoms with Crippen LogP contribution in [-0.2, 0) is 4.74 Å². The van der Waals surface area contributed by atoms with Crippen LogP contribution >= 0.6 is 12.2 Å². The highest BCUT2D eigenvalue weighted by molar-refractivity contribution is 7.80. The molecule has 0 saturated heterocycles. The molecule has 0 atom stereocenters. The van der Waals surface area contributed by atoms with E-state index in [0.717, 1.165) is 19.4 Å². The zero-order valence-corrected chi connectivity index (χ0v) is 7.33. The van der Waals surface area contributed by atoms with Gasteiger partial charge < -0.3 is 15.8 Å². The number of unbranched alkanes of at least 4 members (excludes halogenated alkanes) is 1. The number of hydrogen-bond donors (Lipinski definition) is 3. The smallest absolute Gasteiger partial charge is 0.286 e. The molecule has 0 aliphatic rings. The summed E-state index contributed by atoms with van der Waals surface area (Å²) in [5.74, 6) is 0. The molecule has 0 aliphatic carbocycles. The molecule has 5 heteroatoms. The lowest BCUT2D eigenvalue weighted by molar-refractivity contribution is 0.510. The first kappa shape index (κ1) is 10.2. The fourth-order valence-corrected chi connectivity index (χ4v) is 0.695. The summed E-state index contributed by atoms with van der Waals surface area (Å²) in [7, 11) is 0. The van der Waals surface area contributed by atoms with Crippen molar-refractivity contribution in [3.8, 4) is 0 Å². The van der Waals surface area contributed by atoms with E-state index in [1.165, 1.54) is 0 Å². The van der Waals surface area contributed by atoms with Crippen LogP contribution in [0.2, 0.25) is 0 Å². The highest BCUT2D eigenvalue weighted by Gasteiger charge is 1.96. The van der Waals surface area contributed by atoms with Gasteiger partial charge in [0.2, 0.25) is 0 Å². The Hall–Kier alpha value is -0.840. The molecule has 0 radical (unpaired) electrons. The van der Waals surface area contributed by atoms with Crippen LogP contribution in [0.25, 0.3) is 0 Å². The van der Waals surface area contributed by atoms with E-state index in [-0.39, 0.29) is 11.2 Å². The van der Waals surface area contributed by atoms with E-state index >= 15 is 0 Å². The van der Waals surface area contributed by atoms with E-state index in [2.05, 4.69) is 29.2 Å². The zero-order chi connectivity index (χ0) is 8.69. The SMILES string of the molecule is CCCCNC(=S)OC(=N)N. The van der Waals surface area contributed by atoms with Crippen LogP contribution in [0.5, 0.6) is 0 Å². The number of nitrogens with one attached hydrogen (secondary N) is 2. The van der Waals surface area contributed by atoms with Gasteiger partial charge in [0.15, 0.2) is 0 Å². The van der Waals surface area contributed by atoms with E-state index in [0.29, 0.717) is 0 Å². The van der Waals surface area contributed by atoms with Crippen LogP contribution in [0.15, 0.2) is 0 Å². The number of rotatable bonds is 3. The molecule has 0 bridgehead atoms. The van der Waals surface area contributed by atoms with Crippen molar-refractivity contribution in [3.63, 3.8) is 0 Å². The van der Waals surface area contributed by atoms with E-state index in [9.17, 15) is 0 Å². The fraction of sp³-hybridized carbons (Fsp3) is 0.667. The molecule has 0 amide bonds. The molecule has 11 heavy (non-hydrogen) atoms. The van der Waals surface area contributed by atoms with Gasteiger partial charge in [0.1, 0.15) is 0 Å². The first-order valence-electron chi connectivity index (χ1n) is 3.46. The normalized spacial score (nSPS) is 8.82. The van der Waals surface area contributed by atoms with E-state index in [4.69, 9.17) is 11.1 Å². The summed E-state index contributed by atoms with van der Waals surface area (Å²) in [6, 6.07) is -0.376. The average molecular weight is 175 g/mol. The van der Waals surface area contributed by atoms with Crippen molar-refractivity contribution in [1.82, 2.24) is 5.32 Å². The van der Waals surface area contributed by atoms with Gasteiger partial charge in [-0.05, 0) is 18.6 Å². The summed E-state index contributed by atoms with van der Waals surface area (Å²) in [5.41, 5.74) is 4.93. The summed E-state index contributed by atoms with van der Waals surface area (Å²) in [5, 5.41) is 9.71. The van der Waals surface area contributed by atoms with E-state index < -0.39 is 0 Å². The molecule has 0 aromatic rings. The second kappa shape index (κ2) is 5.91. The second-order valence-corrected chi connectivity index (χ2v) is 2.40. The molecule has 64 valence electrons. The third-order valence-corrected chi connectivity index (χ3v) is 1.23. The van der Waals surface area contributed by atoms with Crippen molar-refractivity contribution in [1.29, 1.82) is 5.41 Å². The minimum absolute atomic E-state index is 0.172. The Morgan fingerprint density at radius 1 is 1.73 bits per heavy atom. The van der Waals surface area contributed by atoms with Gasteiger partial charge in [-0.2, -0.15) is 0 Å². The van der Waals surface area contributed by atoms with Gasteiger partial charge in [-0.25, -0.2) is 0 Å². The predicted octanol–water partition coefficient (Wildman–Crippen LogP) is 0.571. The van der Waals surface area contributed by atoms with E-state index in [1.54, 1.807) is 0 Å². The fourth-order valence-electron chi connectivity index (χ4n) is 0.503. The summed E-state index contributed by atoms with van der Waals surface area (Å²) < 4.78 is 4.58. The van der Waals surface area contributed by atoms with Crippen LogP contribution in [0.4, 0.5) is 0 Å². The molecule has 0 saturated carbocycles. The maximum absolute atomic E-state index is 6.73. The lowest BCUT2D eigenvalue weighted by Gasteiger charge is -2.05. The summed E-state index contributed by atoms with van der Waals surface area (Å²) in [6.07, 6.45) is 2.12. The molecular formula is C6H13N3OS. The molecule has 0 spiro atoms. The number of nitrogens with two attached hydrogens (primary N) is 1. The standard InChI is InChI=1S/C6H13N3OS/c1-2-3-4-9-6(11)10-5(7)8/h2-4H2,1H3,(H3,7,8)(H,9,11). The molecule has 0 rings (SSSR count). The molecule has 0 heterocycles. The third kappa shape index (κ3) is 7.05. The first-order chi connectivity index (χ1) is 5.16. The van der Waals surface area contributed by atoms with Crippen molar-refractivity contribution < 1.29 is 4.74 Å². The average Bonchev–Trinajstić information content (AvgIpc) is 1.86. The lowest BCUT2D eigenvalue weighted by atomic mass is 10.3. The Labute approximate surface area is 71.6 Å². The zero-order valence-electron chi connectivity index (χ0n) is 6.52. The highest BCUT2D eigenvalue weighted by Crippen LogP contribution is 1.83. The number of hydrogen-bond acceptors (Lipinski definition) is 3. The van der Waals surface area contributed by atoms with Gasteiger partial charge in [-0.3, -0.25) is 5.41 Å². The van der Waals surface area contributed by atoms with Gasteiger partial charge in [0.25, 0.3) is 11.2 Å². The van der Waals surface area contributed by atoms with Gasteiger partial charge in [0.05, 0.1) is 0 Å². The Morgan fingerprint density at radius 2 is 2.36 bits per heavy atom. The molecule has 0 aromatic heterocycles. The largest absolute Gasteiger partial charge is 0.399 e. The summed E-state index contributed by atoms with van der Waals surface area (Å²) in [4.78, 5) is 0. The summed E-state index contributed by atoms with van der Waals surface area (Å²) in [6.45, 7) is 2.85. The van der Waals surface area contributed by atoms with Crippen LogP contribution in [-0.4, -0.2) is 17.7 Å². The van der Waals surface area contributed by atoms with E-state index in [1.807, 2.05) is 0 Å². The number of ether oxygens (including phenoxy) is 1. The Kier molecular flexibility index (Phi) is 5.46. The van der Waals surface area contributed by atoms with Crippen molar-refractivity contribution in [2.24, 2.45) is 5.73 Å². The van der Waals surface area contributed by atoms with Crippen LogP contribution in [0.1, 0.15) is 19.8 Å². The van der Waals surface area contributed by atoms with Gasteiger partial charge in [0, 0.05) is 6.54 Å². The Balaban J connectivity index is 3.30. The summed E-state index contributed by atoms with van der Waals surface area (Å²) >= 11 is 4.69. The predicted molar refractivity (Wildman–Crippen MR) is 48.5 cm³/mol. The lowest BCUT2D eigenvalue weighted by Crippen LogP contribution is -2.29. The molecule has 0 unspecified atom stereocenters. The molecule has 0 aromatic carbocycles. The van der Waals surface area contributed by atoms with Gasteiger partial charge >= 0.3 is 0 Å². The van der Waals surface area contributed by atoms with Crippen molar-refractivity contribution >= 4 is 23.4 Å². The van der Waals surface area contributed by atoms with Crippen LogP contribution < -0.4 is 11.1 Å². The molecule has 0 fully saturated rings. The monoisotopic (exact) mass is 175 g/mol. The van der Waals surface area contributed by atoms with Crippen molar-refractivity contribution in [3.05, 3.63) is 0 Å². The quantitative estimate of drug-likeness (QED) is 0.254.